The van der Waals surface area contributed by atoms with E-state index in [0.717, 1.165) is 0 Å². The van der Waals surface area contributed by atoms with Crippen LogP contribution in [-0.2, 0) is 14.9 Å². The van der Waals surface area contributed by atoms with E-state index in [9.17, 15) is 13.2 Å². The summed E-state index contributed by atoms with van der Waals surface area (Å²) in [7, 11) is -3.58. The van der Waals surface area contributed by atoms with Crippen molar-refractivity contribution in [1.29, 1.82) is 0 Å². The summed E-state index contributed by atoms with van der Waals surface area (Å²) in [6.45, 7) is 2.04. The van der Waals surface area contributed by atoms with Gasteiger partial charge in [0.25, 0.3) is 0 Å². The van der Waals surface area contributed by atoms with Crippen molar-refractivity contribution in [2.75, 3.05) is 6.61 Å². The van der Waals surface area contributed by atoms with Crippen LogP contribution in [0.3, 0.4) is 0 Å². The molecule has 1 aliphatic rings. The molecule has 0 radical (unpaired) electrons. The third-order valence-electron chi connectivity index (χ3n) is 4.24. The first-order chi connectivity index (χ1) is 12.0. The van der Waals surface area contributed by atoms with Crippen molar-refractivity contribution in [1.82, 2.24) is 4.40 Å². The van der Waals surface area contributed by atoms with Gasteiger partial charge < -0.3 is 13.3 Å². The Morgan fingerprint density at radius 3 is 2.72 bits per heavy atom. The fourth-order valence-electron chi connectivity index (χ4n) is 2.95. The summed E-state index contributed by atoms with van der Waals surface area (Å²) in [5.74, 6) is -0.154. The lowest BCUT2D eigenvalue weighted by Gasteiger charge is -2.06. The van der Waals surface area contributed by atoms with Crippen molar-refractivity contribution >= 4 is 32.5 Å². The van der Waals surface area contributed by atoms with Crippen molar-refractivity contribution in [2.24, 2.45) is 0 Å². The van der Waals surface area contributed by atoms with Crippen molar-refractivity contribution < 1.29 is 22.1 Å². The molecule has 0 unspecified atom stereocenters. The van der Waals surface area contributed by atoms with Gasteiger partial charge in [-0.3, -0.25) is 0 Å². The maximum Gasteiger partial charge on any atom is 0.340 e. The maximum atomic E-state index is 12.4. The fraction of sp³-hybridized carbons (Fsp3) is 0.278. The third-order valence-corrected chi connectivity index (χ3v) is 5.95. The summed E-state index contributed by atoms with van der Waals surface area (Å²) in [4.78, 5) is 12.4. The summed E-state index contributed by atoms with van der Waals surface area (Å²) in [6, 6.07) is 10.4. The molecule has 0 amide bonds. The molecule has 1 aliphatic carbocycles. The molecule has 2 aromatic heterocycles. The zero-order valence-electron chi connectivity index (χ0n) is 13.6. The van der Waals surface area contributed by atoms with Gasteiger partial charge in [-0.05, 0) is 44.0 Å². The summed E-state index contributed by atoms with van der Waals surface area (Å²) in [5.41, 5.74) is 1.87. The monoisotopic (exact) mass is 359 g/mol. The van der Waals surface area contributed by atoms with Crippen LogP contribution < -0.4 is 4.18 Å². The molecule has 25 heavy (non-hydrogen) atoms. The molecule has 0 saturated heterocycles. The number of fused-ring (bicyclic) bond motifs is 3. The standard InChI is InChI=1S/C18H17NO5S/c1-2-23-18(20)17-14-9-6-12(24-25(21,22)13-7-8-13)11-16(14)19-10-4-3-5-15(17)19/h3-6,9-11,13H,2,7-8H2,1H3. The average molecular weight is 359 g/mol. The Balaban J connectivity index is 1.87. The number of carbonyl (C=O) groups is 1. The molecular weight excluding hydrogens is 342 g/mol. The van der Waals surface area contributed by atoms with E-state index >= 15 is 0 Å². The second kappa shape index (κ2) is 5.77. The van der Waals surface area contributed by atoms with Gasteiger partial charge in [-0.2, -0.15) is 8.42 Å². The van der Waals surface area contributed by atoms with Gasteiger partial charge in [0, 0.05) is 17.6 Å². The third kappa shape index (κ3) is 2.74. The Hall–Kier alpha value is -2.54. The number of pyridine rings is 1. The summed E-state index contributed by atoms with van der Waals surface area (Å²) >= 11 is 0. The number of hydrogen-bond acceptors (Lipinski definition) is 5. The van der Waals surface area contributed by atoms with Crippen LogP contribution in [0.2, 0.25) is 0 Å². The minimum Gasteiger partial charge on any atom is -0.462 e. The number of esters is 1. The van der Waals surface area contributed by atoms with Crippen LogP contribution in [0.1, 0.15) is 30.1 Å². The number of hydrogen-bond donors (Lipinski definition) is 0. The van der Waals surface area contributed by atoms with Crippen molar-refractivity contribution in [2.45, 2.75) is 25.0 Å². The number of nitrogens with zero attached hydrogens (tertiary/aromatic N) is 1. The highest BCUT2D eigenvalue weighted by Gasteiger charge is 2.37. The van der Waals surface area contributed by atoms with E-state index in [0.29, 0.717) is 34.8 Å². The highest BCUT2D eigenvalue weighted by Crippen LogP contribution is 2.34. The zero-order valence-corrected chi connectivity index (χ0v) is 14.5. The van der Waals surface area contributed by atoms with E-state index < -0.39 is 21.3 Å². The van der Waals surface area contributed by atoms with Gasteiger partial charge in [0.1, 0.15) is 5.75 Å². The van der Waals surface area contributed by atoms with E-state index in [1.807, 2.05) is 28.8 Å². The molecule has 1 saturated carbocycles. The number of aromatic nitrogens is 1. The van der Waals surface area contributed by atoms with Crippen LogP contribution in [0, 0.1) is 0 Å². The molecule has 3 aromatic rings. The second-order valence-corrected chi connectivity index (χ2v) is 7.82. The predicted molar refractivity (Wildman–Crippen MR) is 93.4 cm³/mol. The molecule has 2 heterocycles. The first kappa shape index (κ1) is 16.0. The van der Waals surface area contributed by atoms with Gasteiger partial charge in [0.05, 0.1) is 28.5 Å². The lowest BCUT2D eigenvalue weighted by atomic mass is 10.1. The largest absolute Gasteiger partial charge is 0.462 e. The van der Waals surface area contributed by atoms with E-state index in [1.165, 1.54) is 0 Å². The SMILES string of the molecule is CCOC(=O)c1c2ccc(OS(=O)(=O)C3CC3)cc2n2ccccc12. The first-order valence-electron chi connectivity index (χ1n) is 8.14. The topological polar surface area (TPSA) is 74.1 Å². The van der Waals surface area contributed by atoms with Crippen LogP contribution in [0.4, 0.5) is 0 Å². The summed E-state index contributed by atoms with van der Waals surface area (Å²) in [6.07, 6.45) is 3.11. The highest BCUT2D eigenvalue weighted by molar-refractivity contribution is 7.88. The van der Waals surface area contributed by atoms with Gasteiger partial charge in [-0.25, -0.2) is 4.79 Å². The van der Waals surface area contributed by atoms with E-state index in [1.54, 1.807) is 25.1 Å². The summed E-state index contributed by atoms with van der Waals surface area (Å²) < 4.78 is 36.4. The molecular formula is C18H17NO5S. The number of rotatable bonds is 5. The van der Waals surface area contributed by atoms with E-state index in [-0.39, 0.29) is 12.4 Å². The summed E-state index contributed by atoms with van der Waals surface area (Å²) in [5, 5.41) is 0.295. The number of benzene rings is 1. The van der Waals surface area contributed by atoms with Crippen molar-refractivity contribution in [3.63, 3.8) is 0 Å². The first-order valence-corrected chi connectivity index (χ1v) is 9.61. The molecule has 0 aliphatic heterocycles. The van der Waals surface area contributed by atoms with Crippen LogP contribution in [0.15, 0.2) is 42.6 Å². The quantitative estimate of drug-likeness (QED) is 0.517. The lowest BCUT2D eigenvalue weighted by Crippen LogP contribution is -2.14. The van der Waals surface area contributed by atoms with Crippen molar-refractivity contribution in [3.05, 3.63) is 48.2 Å². The minimum atomic E-state index is -3.58. The van der Waals surface area contributed by atoms with Gasteiger partial charge in [-0.15, -0.1) is 0 Å². The van der Waals surface area contributed by atoms with Crippen LogP contribution in [0.5, 0.6) is 5.75 Å². The molecule has 0 atom stereocenters. The fourth-order valence-corrected chi connectivity index (χ4v) is 4.17. The smallest absolute Gasteiger partial charge is 0.340 e. The van der Waals surface area contributed by atoms with Crippen molar-refractivity contribution in [3.8, 4) is 5.75 Å². The Bertz CT molecular complexity index is 1080. The number of carbonyl (C=O) groups excluding carboxylic acids is 1. The lowest BCUT2D eigenvalue weighted by molar-refractivity contribution is 0.0531. The predicted octanol–water partition coefficient (Wildman–Crippen LogP) is 3.14. The van der Waals surface area contributed by atoms with Gasteiger partial charge in [-0.1, -0.05) is 6.07 Å². The Kier molecular flexibility index (Phi) is 3.68. The Labute approximate surface area is 145 Å². The molecule has 130 valence electrons. The molecule has 6 nitrogen and oxygen atoms in total. The van der Waals surface area contributed by atoms with Gasteiger partial charge in [0.2, 0.25) is 0 Å². The highest BCUT2D eigenvalue weighted by atomic mass is 32.2. The molecule has 0 bridgehead atoms. The molecule has 1 aromatic carbocycles. The Morgan fingerprint density at radius 1 is 1.20 bits per heavy atom. The normalized spacial score (nSPS) is 14.8. The van der Waals surface area contributed by atoms with Gasteiger partial charge in [0.15, 0.2) is 0 Å². The molecule has 7 heteroatoms. The van der Waals surface area contributed by atoms with E-state index in [2.05, 4.69) is 0 Å². The van der Waals surface area contributed by atoms with Crippen LogP contribution in [-0.4, -0.2) is 30.6 Å². The van der Waals surface area contributed by atoms with Crippen LogP contribution >= 0.6 is 0 Å². The average Bonchev–Trinajstić information content (AvgIpc) is 3.38. The molecule has 1 fully saturated rings. The maximum absolute atomic E-state index is 12.4. The Morgan fingerprint density at radius 2 is 2.00 bits per heavy atom. The van der Waals surface area contributed by atoms with Crippen LogP contribution in [0.25, 0.3) is 16.4 Å². The van der Waals surface area contributed by atoms with Gasteiger partial charge >= 0.3 is 16.1 Å². The second-order valence-electron chi connectivity index (χ2n) is 6.01. The minimum absolute atomic E-state index is 0.248. The molecule has 0 spiro atoms. The number of ether oxygens (including phenoxy) is 1. The zero-order chi connectivity index (χ0) is 17.6. The van der Waals surface area contributed by atoms with E-state index in [4.69, 9.17) is 8.92 Å². The molecule has 4 rings (SSSR count). The molecule has 0 N–H and O–H groups in total.